The van der Waals surface area contributed by atoms with E-state index < -0.39 is 0 Å². The minimum Gasteiger partial charge on any atom is -0.326 e. The van der Waals surface area contributed by atoms with Crippen LogP contribution in [0.3, 0.4) is 0 Å². The standard InChI is InChI=1S/C19H22N2O3/c1-12-9-13(2)11-14(10-12)20-17(22)7-8-21-18(23)15-5-3-4-6-16(15)19(21)24/h3-4,9-11,15-16H,5-8H2,1-2H3,(H,20,22)/t15-,16-/m1/s1. The summed E-state index contributed by atoms with van der Waals surface area (Å²) >= 11 is 0. The number of likely N-dealkylation sites (tertiary alicyclic amines) is 1. The first kappa shape index (κ1) is 16.4. The monoisotopic (exact) mass is 326 g/mol. The Kier molecular flexibility index (Phi) is 4.51. The molecule has 1 aliphatic carbocycles. The molecule has 0 aromatic heterocycles. The molecule has 0 radical (unpaired) electrons. The van der Waals surface area contributed by atoms with E-state index in [9.17, 15) is 14.4 Å². The van der Waals surface area contributed by atoms with Crippen molar-refractivity contribution in [2.24, 2.45) is 11.8 Å². The summed E-state index contributed by atoms with van der Waals surface area (Å²) in [6, 6.07) is 5.83. The van der Waals surface area contributed by atoms with Gasteiger partial charge in [-0.3, -0.25) is 19.3 Å². The number of hydrogen-bond donors (Lipinski definition) is 1. The van der Waals surface area contributed by atoms with Gasteiger partial charge in [0.1, 0.15) is 0 Å². The fourth-order valence-corrected chi connectivity index (χ4v) is 3.57. The maximum Gasteiger partial charge on any atom is 0.233 e. The van der Waals surface area contributed by atoms with Crippen molar-refractivity contribution in [3.8, 4) is 0 Å². The lowest BCUT2D eigenvalue weighted by Gasteiger charge is -2.14. The van der Waals surface area contributed by atoms with Gasteiger partial charge in [0.05, 0.1) is 11.8 Å². The van der Waals surface area contributed by atoms with Gasteiger partial charge in [0, 0.05) is 18.7 Å². The molecule has 1 saturated heterocycles. The van der Waals surface area contributed by atoms with E-state index in [4.69, 9.17) is 0 Å². The summed E-state index contributed by atoms with van der Waals surface area (Å²) in [4.78, 5) is 38.1. The Morgan fingerprint density at radius 3 is 2.12 bits per heavy atom. The minimum atomic E-state index is -0.231. The number of fused-ring (bicyclic) bond motifs is 1. The minimum absolute atomic E-state index is 0.122. The molecular formula is C19H22N2O3. The number of allylic oxidation sites excluding steroid dienone is 2. The van der Waals surface area contributed by atoms with E-state index in [1.54, 1.807) is 0 Å². The van der Waals surface area contributed by atoms with Gasteiger partial charge in [-0.15, -0.1) is 0 Å². The highest BCUT2D eigenvalue weighted by molar-refractivity contribution is 6.05. The Morgan fingerprint density at radius 2 is 1.58 bits per heavy atom. The number of amides is 3. The van der Waals surface area contributed by atoms with Crippen LogP contribution in [0.1, 0.15) is 30.4 Å². The summed E-state index contributed by atoms with van der Waals surface area (Å²) in [5, 5.41) is 2.84. The fourth-order valence-electron chi connectivity index (χ4n) is 3.57. The molecule has 1 aromatic rings. The summed E-state index contributed by atoms with van der Waals surface area (Å²) < 4.78 is 0. The van der Waals surface area contributed by atoms with E-state index in [2.05, 4.69) is 5.32 Å². The summed E-state index contributed by atoms with van der Waals surface area (Å²) in [6.07, 6.45) is 5.30. The van der Waals surface area contributed by atoms with Crippen LogP contribution in [-0.4, -0.2) is 29.2 Å². The Labute approximate surface area is 141 Å². The van der Waals surface area contributed by atoms with E-state index in [1.165, 1.54) is 4.90 Å². The Bertz CT molecular complexity index is 677. The molecule has 1 N–H and O–H groups in total. The number of aryl methyl sites for hydroxylation is 2. The van der Waals surface area contributed by atoms with Crippen LogP contribution in [0.4, 0.5) is 5.69 Å². The molecule has 126 valence electrons. The molecule has 1 heterocycles. The number of carbonyl (C=O) groups is 3. The van der Waals surface area contributed by atoms with Gasteiger partial charge in [-0.25, -0.2) is 0 Å². The average Bonchev–Trinajstić information content (AvgIpc) is 2.76. The van der Waals surface area contributed by atoms with Crippen LogP contribution in [0.15, 0.2) is 30.4 Å². The summed E-state index contributed by atoms with van der Waals surface area (Å²) in [6.45, 7) is 4.10. The number of hydrogen-bond acceptors (Lipinski definition) is 3. The third kappa shape index (κ3) is 3.25. The molecule has 2 aliphatic rings. The molecule has 0 saturated carbocycles. The quantitative estimate of drug-likeness (QED) is 0.683. The lowest BCUT2D eigenvalue weighted by atomic mass is 9.85. The molecule has 3 amide bonds. The zero-order valence-corrected chi connectivity index (χ0v) is 14.0. The van der Waals surface area contributed by atoms with Crippen molar-refractivity contribution in [1.29, 1.82) is 0 Å². The number of benzene rings is 1. The first-order valence-electron chi connectivity index (χ1n) is 8.34. The van der Waals surface area contributed by atoms with Gasteiger partial charge in [0.15, 0.2) is 0 Å². The van der Waals surface area contributed by atoms with Crippen LogP contribution in [-0.2, 0) is 14.4 Å². The van der Waals surface area contributed by atoms with E-state index in [-0.39, 0.29) is 42.5 Å². The van der Waals surface area contributed by atoms with E-state index in [0.29, 0.717) is 12.8 Å². The van der Waals surface area contributed by atoms with Crippen molar-refractivity contribution in [3.63, 3.8) is 0 Å². The lowest BCUT2D eigenvalue weighted by Crippen LogP contribution is -2.34. The van der Waals surface area contributed by atoms with Gasteiger partial charge in [-0.05, 0) is 49.9 Å². The molecule has 0 bridgehead atoms. The van der Waals surface area contributed by atoms with Crippen molar-refractivity contribution in [3.05, 3.63) is 41.5 Å². The van der Waals surface area contributed by atoms with Crippen LogP contribution < -0.4 is 5.32 Å². The molecule has 0 spiro atoms. The fraction of sp³-hybridized carbons (Fsp3) is 0.421. The van der Waals surface area contributed by atoms with Gasteiger partial charge >= 0.3 is 0 Å². The zero-order valence-electron chi connectivity index (χ0n) is 14.0. The maximum absolute atomic E-state index is 12.3. The number of nitrogens with zero attached hydrogens (tertiary/aromatic N) is 1. The van der Waals surface area contributed by atoms with Gasteiger partial charge in [-0.1, -0.05) is 18.2 Å². The van der Waals surface area contributed by atoms with Crippen LogP contribution in [0, 0.1) is 25.7 Å². The molecule has 1 aromatic carbocycles. The summed E-state index contributed by atoms with van der Waals surface area (Å²) in [5.41, 5.74) is 2.90. The number of carbonyl (C=O) groups excluding carboxylic acids is 3. The van der Waals surface area contributed by atoms with Crippen molar-refractivity contribution in [1.82, 2.24) is 4.90 Å². The summed E-state index contributed by atoms with van der Waals surface area (Å²) in [5.74, 6) is -0.911. The SMILES string of the molecule is Cc1cc(C)cc(NC(=O)CCN2C(=O)[C@@H]3CC=CC[C@H]3C2=O)c1. The van der Waals surface area contributed by atoms with Gasteiger partial charge < -0.3 is 5.32 Å². The van der Waals surface area contributed by atoms with E-state index in [1.807, 2.05) is 44.2 Å². The molecule has 5 nitrogen and oxygen atoms in total. The number of nitrogens with one attached hydrogen (secondary N) is 1. The molecule has 24 heavy (non-hydrogen) atoms. The second-order valence-corrected chi connectivity index (χ2v) is 6.66. The molecule has 2 atom stereocenters. The highest BCUT2D eigenvalue weighted by atomic mass is 16.2. The number of rotatable bonds is 4. The van der Waals surface area contributed by atoms with Crippen LogP contribution >= 0.6 is 0 Å². The molecule has 3 rings (SSSR count). The van der Waals surface area contributed by atoms with Crippen LogP contribution in [0.2, 0.25) is 0 Å². The first-order valence-corrected chi connectivity index (χ1v) is 8.34. The summed E-state index contributed by atoms with van der Waals surface area (Å²) in [7, 11) is 0. The molecule has 0 unspecified atom stereocenters. The van der Waals surface area contributed by atoms with Crippen molar-refractivity contribution in [2.45, 2.75) is 33.1 Å². The largest absolute Gasteiger partial charge is 0.326 e. The first-order chi connectivity index (χ1) is 11.5. The number of imide groups is 1. The average molecular weight is 326 g/mol. The van der Waals surface area contributed by atoms with E-state index in [0.717, 1.165) is 16.8 Å². The van der Waals surface area contributed by atoms with Gasteiger partial charge in [-0.2, -0.15) is 0 Å². The third-order valence-corrected chi connectivity index (χ3v) is 4.67. The van der Waals surface area contributed by atoms with Gasteiger partial charge in [0.2, 0.25) is 17.7 Å². The zero-order chi connectivity index (χ0) is 17.3. The predicted molar refractivity (Wildman–Crippen MR) is 91.2 cm³/mol. The number of anilines is 1. The van der Waals surface area contributed by atoms with Crippen LogP contribution in [0.25, 0.3) is 0 Å². The van der Waals surface area contributed by atoms with Crippen molar-refractivity contribution < 1.29 is 14.4 Å². The van der Waals surface area contributed by atoms with Crippen LogP contribution in [0.5, 0.6) is 0 Å². The lowest BCUT2D eigenvalue weighted by molar-refractivity contribution is -0.140. The second-order valence-electron chi connectivity index (χ2n) is 6.66. The van der Waals surface area contributed by atoms with E-state index >= 15 is 0 Å². The highest BCUT2D eigenvalue weighted by Gasteiger charge is 2.46. The van der Waals surface area contributed by atoms with Gasteiger partial charge in [0.25, 0.3) is 0 Å². The molecule has 5 heteroatoms. The molecule has 1 aliphatic heterocycles. The third-order valence-electron chi connectivity index (χ3n) is 4.67. The Balaban J connectivity index is 1.58. The maximum atomic E-state index is 12.3. The molecule has 1 fully saturated rings. The van der Waals surface area contributed by atoms with Crippen molar-refractivity contribution >= 4 is 23.4 Å². The molecular weight excluding hydrogens is 304 g/mol. The smallest absolute Gasteiger partial charge is 0.233 e. The highest BCUT2D eigenvalue weighted by Crippen LogP contribution is 2.35. The Hall–Kier alpha value is -2.43. The second kappa shape index (κ2) is 6.59. The normalized spacial score (nSPS) is 22.7. The van der Waals surface area contributed by atoms with Crippen molar-refractivity contribution in [2.75, 3.05) is 11.9 Å². The predicted octanol–water partition coefficient (Wildman–Crippen LogP) is 2.58. The topological polar surface area (TPSA) is 66.5 Å². The Morgan fingerprint density at radius 1 is 1.04 bits per heavy atom.